The molecule has 1 aliphatic rings. The van der Waals surface area contributed by atoms with Gasteiger partial charge in [0, 0.05) is 14.9 Å². The molecule has 0 N–H and O–H groups in total. The standard InChI is InChI=1S/C18H14IN3O2/c19-14-10-12-18(13-11-14,22(23)24)16-8-4-5-9-17(16)21-20-15-6-2-1-3-7-15/h1-12H,13H2. The van der Waals surface area contributed by atoms with E-state index in [1.807, 2.05) is 42.5 Å². The van der Waals surface area contributed by atoms with Crippen molar-refractivity contribution in [2.24, 2.45) is 10.2 Å². The Hall–Kier alpha value is -2.35. The first-order chi connectivity index (χ1) is 11.6. The van der Waals surface area contributed by atoms with Crippen molar-refractivity contribution >= 4 is 34.0 Å². The minimum absolute atomic E-state index is 0.250. The Labute approximate surface area is 153 Å². The second-order valence-electron chi connectivity index (χ2n) is 5.36. The molecule has 0 bridgehead atoms. The molecule has 2 aromatic carbocycles. The van der Waals surface area contributed by atoms with Crippen molar-refractivity contribution < 1.29 is 4.92 Å². The van der Waals surface area contributed by atoms with Crippen LogP contribution in [-0.2, 0) is 5.54 Å². The number of rotatable bonds is 4. The van der Waals surface area contributed by atoms with E-state index in [9.17, 15) is 10.1 Å². The van der Waals surface area contributed by atoms with Crippen molar-refractivity contribution in [3.8, 4) is 0 Å². The number of hydrogen-bond acceptors (Lipinski definition) is 4. The molecular weight excluding hydrogens is 417 g/mol. The minimum atomic E-state index is -1.30. The monoisotopic (exact) mass is 431 g/mol. The van der Waals surface area contributed by atoms with Crippen LogP contribution in [0.4, 0.5) is 11.4 Å². The predicted octanol–water partition coefficient (Wildman–Crippen LogP) is 5.85. The van der Waals surface area contributed by atoms with Gasteiger partial charge in [-0.2, -0.15) is 5.11 Å². The van der Waals surface area contributed by atoms with Crippen molar-refractivity contribution in [2.75, 3.05) is 0 Å². The third kappa shape index (κ3) is 3.28. The van der Waals surface area contributed by atoms with Crippen LogP contribution in [0, 0.1) is 10.1 Å². The number of nitro groups is 1. The average molecular weight is 431 g/mol. The van der Waals surface area contributed by atoms with Crippen molar-refractivity contribution in [2.45, 2.75) is 12.0 Å². The Morgan fingerprint density at radius 1 is 1.04 bits per heavy atom. The molecule has 0 radical (unpaired) electrons. The summed E-state index contributed by atoms with van der Waals surface area (Å²) in [7, 11) is 0. The molecule has 0 saturated carbocycles. The number of benzene rings is 2. The van der Waals surface area contributed by atoms with E-state index >= 15 is 0 Å². The molecule has 5 nitrogen and oxygen atoms in total. The zero-order valence-corrected chi connectivity index (χ0v) is 14.8. The van der Waals surface area contributed by atoms with Gasteiger partial charge in [-0.25, -0.2) is 0 Å². The molecule has 3 rings (SSSR count). The summed E-state index contributed by atoms with van der Waals surface area (Å²) in [6.45, 7) is 0. The highest BCUT2D eigenvalue weighted by Gasteiger charge is 2.44. The lowest BCUT2D eigenvalue weighted by atomic mass is 9.83. The largest absolute Gasteiger partial charge is 0.271 e. The lowest BCUT2D eigenvalue weighted by molar-refractivity contribution is -0.563. The average Bonchev–Trinajstić information content (AvgIpc) is 2.62. The first kappa shape index (κ1) is 16.5. The maximum atomic E-state index is 11.9. The summed E-state index contributed by atoms with van der Waals surface area (Å²) in [4.78, 5) is 11.6. The minimum Gasteiger partial charge on any atom is -0.263 e. The molecule has 0 heterocycles. The van der Waals surface area contributed by atoms with E-state index in [-0.39, 0.29) is 4.92 Å². The van der Waals surface area contributed by atoms with Gasteiger partial charge in [0.05, 0.1) is 16.9 Å². The summed E-state index contributed by atoms with van der Waals surface area (Å²) in [5.74, 6) is 0. The lowest BCUT2D eigenvalue weighted by Crippen LogP contribution is -2.34. The Kier molecular flexibility index (Phi) is 4.84. The first-order valence-corrected chi connectivity index (χ1v) is 8.45. The van der Waals surface area contributed by atoms with Crippen molar-refractivity contribution in [1.82, 2.24) is 0 Å². The van der Waals surface area contributed by atoms with Gasteiger partial charge in [-0.05, 0) is 59.0 Å². The molecule has 120 valence electrons. The van der Waals surface area contributed by atoms with Gasteiger partial charge in [0.1, 0.15) is 0 Å². The third-order valence-corrected chi connectivity index (χ3v) is 4.65. The highest BCUT2D eigenvalue weighted by atomic mass is 127. The highest BCUT2D eigenvalue weighted by molar-refractivity contribution is 14.1. The Morgan fingerprint density at radius 2 is 1.75 bits per heavy atom. The van der Waals surface area contributed by atoms with E-state index in [0.29, 0.717) is 23.4 Å². The molecule has 2 aromatic rings. The molecule has 0 aromatic heterocycles. The zero-order chi connectivity index (χ0) is 17.0. The molecule has 6 heteroatoms. The summed E-state index contributed by atoms with van der Waals surface area (Å²) in [6.07, 6.45) is 5.59. The van der Waals surface area contributed by atoms with Gasteiger partial charge >= 0.3 is 0 Å². The topological polar surface area (TPSA) is 67.9 Å². The summed E-state index contributed by atoms with van der Waals surface area (Å²) in [5, 5.41) is 20.3. The van der Waals surface area contributed by atoms with Crippen LogP contribution >= 0.6 is 22.6 Å². The molecular formula is C18H14IN3O2. The summed E-state index contributed by atoms with van der Waals surface area (Å²) < 4.78 is 0.994. The smallest absolute Gasteiger partial charge is 0.263 e. The van der Waals surface area contributed by atoms with Gasteiger partial charge in [-0.15, -0.1) is 5.11 Å². The van der Waals surface area contributed by atoms with E-state index in [0.717, 1.165) is 3.58 Å². The SMILES string of the molecule is O=[N+]([O-])C1(c2ccccc2N=Nc2ccccc2)C=CC(I)=CC1. The fraction of sp³-hybridized carbons (Fsp3) is 0.111. The van der Waals surface area contributed by atoms with Gasteiger partial charge in [-0.1, -0.05) is 36.4 Å². The van der Waals surface area contributed by atoms with Gasteiger partial charge < -0.3 is 0 Å². The van der Waals surface area contributed by atoms with E-state index in [4.69, 9.17) is 0 Å². The number of hydrogen-bond donors (Lipinski definition) is 0. The number of azo groups is 1. The second-order valence-corrected chi connectivity index (χ2v) is 6.61. The summed E-state index contributed by atoms with van der Waals surface area (Å²) in [6, 6.07) is 16.4. The Bertz CT molecular complexity index is 846. The van der Waals surface area contributed by atoms with Crippen LogP contribution in [0.1, 0.15) is 12.0 Å². The zero-order valence-electron chi connectivity index (χ0n) is 12.7. The van der Waals surface area contributed by atoms with Crippen molar-refractivity contribution in [3.05, 3.63) is 92.1 Å². The Balaban J connectivity index is 2.04. The highest BCUT2D eigenvalue weighted by Crippen LogP contribution is 2.40. The first-order valence-electron chi connectivity index (χ1n) is 7.37. The molecule has 24 heavy (non-hydrogen) atoms. The van der Waals surface area contributed by atoms with E-state index in [1.54, 1.807) is 30.4 Å². The predicted molar refractivity (Wildman–Crippen MR) is 102 cm³/mol. The van der Waals surface area contributed by atoms with Crippen LogP contribution < -0.4 is 0 Å². The van der Waals surface area contributed by atoms with Crippen LogP contribution in [0.25, 0.3) is 0 Å². The maximum Gasteiger partial charge on any atom is 0.271 e. The van der Waals surface area contributed by atoms with Crippen molar-refractivity contribution in [3.63, 3.8) is 0 Å². The molecule has 1 aliphatic carbocycles. The normalized spacial score (nSPS) is 20.1. The maximum absolute atomic E-state index is 11.9. The lowest BCUT2D eigenvalue weighted by Gasteiger charge is -2.24. The second kappa shape index (κ2) is 7.04. The Morgan fingerprint density at radius 3 is 2.42 bits per heavy atom. The number of allylic oxidation sites excluding steroid dienone is 2. The van der Waals surface area contributed by atoms with Gasteiger partial charge in [0.2, 0.25) is 0 Å². The molecule has 0 spiro atoms. The van der Waals surface area contributed by atoms with Gasteiger partial charge in [0.25, 0.3) is 5.54 Å². The van der Waals surface area contributed by atoms with E-state index < -0.39 is 5.54 Å². The molecule has 1 atom stereocenters. The quantitative estimate of drug-likeness (QED) is 0.264. The molecule has 0 saturated heterocycles. The van der Waals surface area contributed by atoms with Crippen LogP contribution in [0.3, 0.4) is 0 Å². The van der Waals surface area contributed by atoms with Crippen LogP contribution in [-0.4, -0.2) is 4.92 Å². The molecule has 0 aliphatic heterocycles. The fourth-order valence-corrected chi connectivity index (χ4v) is 2.97. The van der Waals surface area contributed by atoms with Gasteiger partial charge in [0.15, 0.2) is 0 Å². The van der Waals surface area contributed by atoms with Crippen molar-refractivity contribution in [1.29, 1.82) is 0 Å². The molecule has 0 amide bonds. The summed E-state index contributed by atoms with van der Waals surface area (Å²) >= 11 is 2.16. The van der Waals surface area contributed by atoms with E-state index in [1.165, 1.54) is 0 Å². The van der Waals surface area contributed by atoms with Crippen LogP contribution in [0.2, 0.25) is 0 Å². The third-order valence-electron chi connectivity index (χ3n) is 3.85. The van der Waals surface area contributed by atoms with Crippen LogP contribution in [0.5, 0.6) is 0 Å². The number of nitrogens with zero attached hydrogens (tertiary/aromatic N) is 3. The molecule has 0 fully saturated rings. The fourth-order valence-electron chi connectivity index (χ4n) is 2.57. The van der Waals surface area contributed by atoms with E-state index in [2.05, 4.69) is 32.8 Å². The van der Waals surface area contributed by atoms with Crippen LogP contribution in [0.15, 0.2) is 86.6 Å². The number of halogens is 1. The molecule has 1 unspecified atom stereocenters. The van der Waals surface area contributed by atoms with Gasteiger partial charge in [-0.3, -0.25) is 10.1 Å². The summed E-state index contributed by atoms with van der Waals surface area (Å²) in [5.41, 5.74) is 0.455.